The van der Waals surface area contributed by atoms with Crippen LogP contribution in [-0.4, -0.2) is 17.3 Å². The van der Waals surface area contributed by atoms with Gasteiger partial charge in [0.1, 0.15) is 12.4 Å². The second-order valence-corrected chi connectivity index (χ2v) is 5.53. The van der Waals surface area contributed by atoms with Crippen molar-refractivity contribution in [3.63, 3.8) is 0 Å². The van der Waals surface area contributed by atoms with Crippen LogP contribution in [0.1, 0.15) is 38.8 Å². The Morgan fingerprint density at radius 3 is 2.71 bits per heavy atom. The van der Waals surface area contributed by atoms with Crippen molar-refractivity contribution in [3.8, 4) is 5.75 Å². The van der Waals surface area contributed by atoms with Crippen LogP contribution in [0, 0.1) is 0 Å². The van der Waals surface area contributed by atoms with Crippen LogP contribution in [0.25, 0.3) is 0 Å². The number of halogens is 1. The zero-order valence-electron chi connectivity index (χ0n) is 10.5. The lowest BCUT2D eigenvalue weighted by Gasteiger charge is -2.23. The Hall–Kier alpha value is -0.580. The summed E-state index contributed by atoms with van der Waals surface area (Å²) in [5, 5.41) is 9.92. The van der Waals surface area contributed by atoms with E-state index in [0.29, 0.717) is 6.42 Å². The summed E-state index contributed by atoms with van der Waals surface area (Å²) in [5.74, 6) is 0.725. The minimum atomic E-state index is -0.808. The molecule has 17 heavy (non-hydrogen) atoms. The molecule has 4 heteroatoms. The van der Waals surface area contributed by atoms with E-state index in [4.69, 9.17) is 10.5 Å². The van der Waals surface area contributed by atoms with E-state index in [2.05, 4.69) is 15.9 Å². The van der Waals surface area contributed by atoms with E-state index >= 15 is 0 Å². The molecule has 0 aliphatic carbocycles. The van der Waals surface area contributed by atoms with Gasteiger partial charge in [0.05, 0.1) is 5.60 Å². The average molecular weight is 302 g/mol. The number of nitrogens with two attached hydrogens (primary N) is 1. The first-order chi connectivity index (χ1) is 7.85. The van der Waals surface area contributed by atoms with Crippen LogP contribution in [0.15, 0.2) is 22.7 Å². The van der Waals surface area contributed by atoms with Gasteiger partial charge in [0.15, 0.2) is 0 Å². The molecule has 3 N–H and O–H groups in total. The minimum absolute atomic E-state index is 0.0929. The van der Waals surface area contributed by atoms with E-state index in [0.717, 1.165) is 15.8 Å². The Kier molecular flexibility index (Phi) is 4.98. The maximum Gasteiger partial charge on any atom is 0.125 e. The molecule has 0 saturated heterocycles. The summed E-state index contributed by atoms with van der Waals surface area (Å²) < 4.78 is 6.61. The molecule has 0 fully saturated rings. The fourth-order valence-electron chi connectivity index (χ4n) is 1.34. The third kappa shape index (κ3) is 4.30. The van der Waals surface area contributed by atoms with E-state index in [9.17, 15) is 5.11 Å². The van der Waals surface area contributed by atoms with Crippen molar-refractivity contribution in [1.29, 1.82) is 0 Å². The fraction of sp³-hybridized carbons (Fsp3) is 0.538. The number of hydrogen-bond acceptors (Lipinski definition) is 3. The van der Waals surface area contributed by atoms with Gasteiger partial charge in [0.2, 0.25) is 0 Å². The van der Waals surface area contributed by atoms with Gasteiger partial charge in [0, 0.05) is 16.1 Å². The molecule has 0 heterocycles. The first-order valence-electron chi connectivity index (χ1n) is 5.76. The standard InChI is InChI=1S/C13H20BrNO2/c1-4-13(3,16)8-17-12-7-10(14)5-6-11(12)9(2)15/h5-7,9,16H,4,8,15H2,1-3H3/t9-,13?/m1/s1. The van der Waals surface area contributed by atoms with Gasteiger partial charge in [-0.3, -0.25) is 0 Å². The van der Waals surface area contributed by atoms with Gasteiger partial charge in [0.25, 0.3) is 0 Å². The highest BCUT2D eigenvalue weighted by atomic mass is 79.9. The lowest BCUT2D eigenvalue weighted by molar-refractivity contribution is 0.00808. The van der Waals surface area contributed by atoms with Crippen LogP contribution in [0.4, 0.5) is 0 Å². The zero-order valence-corrected chi connectivity index (χ0v) is 12.1. The summed E-state index contributed by atoms with van der Waals surface area (Å²) in [5.41, 5.74) is 6.02. The van der Waals surface area contributed by atoms with E-state index < -0.39 is 5.60 Å². The Morgan fingerprint density at radius 1 is 1.53 bits per heavy atom. The molecule has 0 aliphatic heterocycles. The van der Waals surface area contributed by atoms with E-state index in [1.165, 1.54) is 0 Å². The summed E-state index contributed by atoms with van der Waals surface area (Å²) in [4.78, 5) is 0. The zero-order chi connectivity index (χ0) is 13.1. The molecular formula is C13H20BrNO2. The topological polar surface area (TPSA) is 55.5 Å². The molecule has 2 atom stereocenters. The molecular weight excluding hydrogens is 282 g/mol. The summed E-state index contributed by atoms with van der Waals surface area (Å²) >= 11 is 3.40. The van der Waals surface area contributed by atoms with Crippen molar-refractivity contribution >= 4 is 15.9 Å². The first kappa shape index (κ1) is 14.5. The van der Waals surface area contributed by atoms with Gasteiger partial charge < -0.3 is 15.6 Å². The smallest absolute Gasteiger partial charge is 0.125 e. The molecule has 0 saturated carbocycles. The minimum Gasteiger partial charge on any atom is -0.490 e. The molecule has 0 aromatic heterocycles. The molecule has 3 nitrogen and oxygen atoms in total. The molecule has 0 amide bonds. The molecule has 1 unspecified atom stereocenters. The van der Waals surface area contributed by atoms with E-state index in [-0.39, 0.29) is 12.6 Å². The van der Waals surface area contributed by atoms with E-state index in [1.54, 1.807) is 6.92 Å². The molecule has 96 valence electrons. The number of aliphatic hydroxyl groups is 1. The van der Waals surface area contributed by atoms with Crippen molar-refractivity contribution in [2.75, 3.05) is 6.61 Å². The SMILES string of the molecule is CCC(C)(O)COc1cc(Br)ccc1[C@@H](C)N. The van der Waals surface area contributed by atoms with Gasteiger partial charge in [-0.2, -0.15) is 0 Å². The van der Waals surface area contributed by atoms with Crippen molar-refractivity contribution in [3.05, 3.63) is 28.2 Å². The Balaban J connectivity index is 2.85. The molecule has 0 bridgehead atoms. The van der Waals surface area contributed by atoms with Crippen molar-refractivity contribution in [2.24, 2.45) is 5.73 Å². The van der Waals surface area contributed by atoms with Gasteiger partial charge in [-0.1, -0.05) is 28.9 Å². The number of ether oxygens (including phenoxy) is 1. The van der Waals surface area contributed by atoms with Crippen molar-refractivity contribution in [1.82, 2.24) is 0 Å². The Morgan fingerprint density at radius 2 is 2.18 bits per heavy atom. The van der Waals surface area contributed by atoms with Gasteiger partial charge in [-0.15, -0.1) is 0 Å². The van der Waals surface area contributed by atoms with Crippen LogP contribution >= 0.6 is 15.9 Å². The monoisotopic (exact) mass is 301 g/mol. The third-order valence-electron chi connectivity index (χ3n) is 2.77. The number of benzene rings is 1. The van der Waals surface area contributed by atoms with Crippen LogP contribution in [0.3, 0.4) is 0 Å². The van der Waals surface area contributed by atoms with Crippen molar-refractivity contribution in [2.45, 2.75) is 38.8 Å². The second-order valence-electron chi connectivity index (χ2n) is 4.61. The van der Waals surface area contributed by atoms with Crippen LogP contribution < -0.4 is 10.5 Å². The first-order valence-corrected chi connectivity index (χ1v) is 6.55. The summed E-state index contributed by atoms with van der Waals surface area (Å²) in [7, 11) is 0. The summed E-state index contributed by atoms with van der Waals surface area (Å²) in [6.07, 6.45) is 0.647. The third-order valence-corrected chi connectivity index (χ3v) is 3.26. The lowest BCUT2D eigenvalue weighted by atomic mass is 10.1. The largest absolute Gasteiger partial charge is 0.490 e. The fourth-order valence-corrected chi connectivity index (χ4v) is 1.68. The highest BCUT2D eigenvalue weighted by molar-refractivity contribution is 9.10. The molecule has 1 aromatic rings. The summed E-state index contributed by atoms with van der Waals surface area (Å²) in [6, 6.07) is 5.66. The maximum absolute atomic E-state index is 9.92. The molecule has 0 radical (unpaired) electrons. The predicted molar refractivity (Wildman–Crippen MR) is 73.2 cm³/mol. The van der Waals surface area contributed by atoms with Gasteiger partial charge in [-0.25, -0.2) is 0 Å². The Bertz CT molecular complexity index is 378. The van der Waals surface area contributed by atoms with Crippen molar-refractivity contribution < 1.29 is 9.84 Å². The second kappa shape index (κ2) is 5.85. The van der Waals surface area contributed by atoms with Crippen LogP contribution in [-0.2, 0) is 0 Å². The predicted octanol–water partition coefficient (Wildman–Crippen LogP) is 3.01. The number of rotatable bonds is 5. The molecule has 1 aromatic carbocycles. The molecule has 1 rings (SSSR count). The Labute approximate surface area is 111 Å². The van der Waals surface area contributed by atoms with Gasteiger partial charge >= 0.3 is 0 Å². The highest BCUT2D eigenvalue weighted by Crippen LogP contribution is 2.28. The lowest BCUT2D eigenvalue weighted by Crippen LogP contribution is -2.31. The van der Waals surface area contributed by atoms with Gasteiger partial charge in [-0.05, 0) is 32.4 Å². The van der Waals surface area contributed by atoms with Crippen LogP contribution in [0.2, 0.25) is 0 Å². The quantitative estimate of drug-likeness (QED) is 0.879. The normalized spacial score (nSPS) is 16.4. The maximum atomic E-state index is 9.92. The molecule has 0 spiro atoms. The number of hydrogen-bond donors (Lipinski definition) is 2. The molecule has 0 aliphatic rings. The van der Waals surface area contributed by atoms with E-state index in [1.807, 2.05) is 32.0 Å². The summed E-state index contributed by atoms with van der Waals surface area (Å²) in [6.45, 7) is 5.86. The van der Waals surface area contributed by atoms with Crippen LogP contribution in [0.5, 0.6) is 5.75 Å². The average Bonchev–Trinajstić information content (AvgIpc) is 2.26. The highest BCUT2D eigenvalue weighted by Gasteiger charge is 2.19.